The van der Waals surface area contributed by atoms with E-state index in [0.29, 0.717) is 5.92 Å². The van der Waals surface area contributed by atoms with Crippen LogP contribution >= 0.6 is 12.4 Å². The average Bonchev–Trinajstić information content (AvgIpc) is 2.32. The minimum absolute atomic E-state index is 0. The minimum atomic E-state index is 0. The highest BCUT2D eigenvalue weighted by molar-refractivity contribution is 5.85. The van der Waals surface area contributed by atoms with Gasteiger partial charge in [-0.05, 0) is 25.8 Å². The smallest absolute Gasteiger partial charge is 0.224 e. The van der Waals surface area contributed by atoms with Crippen LogP contribution in [0.15, 0.2) is 0 Å². The van der Waals surface area contributed by atoms with Gasteiger partial charge in [0.2, 0.25) is 5.91 Å². The highest BCUT2D eigenvalue weighted by atomic mass is 35.5. The standard InChI is InChI=1S/C14H30N2O.ClH/c1-5-7-9-13(8-6-2)11-16-14(17)12(3)10-15-4;/h12-13,15H,5-11H2,1-4H3,(H,16,17);1H. The molecule has 3 nitrogen and oxygen atoms in total. The van der Waals surface area contributed by atoms with E-state index in [1.165, 1.54) is 32.1 Å². The lowest BCUT2D eigenvalue weighted by Crippen LogP contribution is -2.37. The van der Waals surface area contributed by atoms with Crippen LogP contribution in [0.2, 0.25) is 0 Å². The van der Waals surface area contributed by atoms with Gasteiger partial charge in [-0.2, -0.15) is 0 Å². The van der Waals surface area contributed by atoms with Crippen molar-refractivity contribution >= 4 is 18.3 Å². The molecule has 2 atom stereocenters. The maximum absolute atomic E-state index is 11.8. The predicted molar refractivity (Wildman–Crippen MR) is 81.3 cm³/mol. The topological polar surface area (TPSA) is 41.1 Å². The SMILES string of the molecule is CCCCC(CCC)CNC(=O)C(C)CNC.Cl. The van der Waals surface area contributed by atoms with Crippen molar-refractivity contribution in [3.8, 4) is 0 Å². The van der Waals surface area contributed by atoms with Gasteiger partial charge in [0.15, 0.2) is 0 Å². The molecule has 0 aliphatic carbocycles. The van der Waals surface area contributed by atoms with Crippen molar-refractivity contribution in [2.24, 2.45) is 11.8 Å². The third-order valence-corrected chi connectivity index (χ3v) is 3.19. The van der Waals surface area contributed by atoms with Crippen molar-refractivity contribution in [1.82, 2.24) is 10.6 Å². The fraction of sp³-hybridized carbons (Fsp3) is 0.929. The summed E-state index contributed by atoms with van der Waals surface area (Å²) in [4.78, 5) is 11.8. The van der Waals surface area contributed by atoms with Crippen LogP contribution in [0.3, 0.4) is 0 Å². The van der Waals surface area contributed by atoms with Gasteiger partial charge in [-0.25, -0.2) is 0 Å². The summed E-state index contributed by atoms with van der Waals surface area (Å²) in [6, 6.07) is 0. The van der Waals surface area contributed by atoms with Crippen molar-refractivity contribution in [1.29, 1.82) is 0 Å². The Hall–Kier alpha value is -0.280. The summed E-state index contributed by atoms with van der Waals surface area (Å²) >= 11 is 0. The van der Waals surface area contributed by atoms with Crippen molar-refractivity contribution in [3.63, 3.8) is 0 Å². The molecule has 0 radical (unpaired) electrons. The lowest BCUT2D eigenvalue weighted by atomic mass is 9.97. The van der Waals surface area contributed by atoms with E-state index >= 15 is 0 Å². The predicted octanol–water partition coefficient (Wildman–Crippen LogP) is 2.99. The summed E-state index contributed by atoms with van der Waals surface area (Å²) in [6.07, 6.45) is 6.18. The van der Waals surface area contributed by atoms with Crippen LogP contribution in [0.1, 0.15) is 52.9 Å². The Morgan fingerprint density at radius 3 is 2.28 bits per heavy atom. The summed E-state index contributed by atoms with van der Waals surface area (Å²) in [7, 11) is 1.88. The Bertz CT molecular complexity index is 200. The zero-order valence-electron chi connectivity index (χ0n) is 12.4. The van der Waals surface area contributed by atoms with Crippen molar-refractivity contribution in [2.45, 2.75) is 52.9 Å². The molecule has 0 saturated carbocycles. The molecule has 2 N–H and O–H groups in total. The first-order chi connectivity index (χ1) is 8.15. The molecule has 0 aromatic rings. The average molecular weight is 279 g/mol. The fourth-order valence-electron chi connectivity index (χ4n) is 2.07. The second-order valence-corrected chi connectivity index (χ2v) is 5.00. The number of nitrogens with one attached hydrogen (secondary N) is 2. The molecule has 0 spiro atoms. The first kappa shape index (κ1) is 20.0. The third kappa shape index (κ3) is 9.72. The van der Waals surface area contributed by atoms with E-state index in [4.69, 9.17) is 0 Å². The molecule has 1 amide bonds. The Kier molecular flexibility index (Phi) is 14.7. The number of rotatable bonds is 10. The molecule has 0 heterocycles. The second-order valence-electron chi connectivity index (χ2n) is 5.00. The number of halogens is 1. The van der Waals surface area contributed by atoms with E-state index in [0.717, 1.165) is 13.1 Å². The Labute approximate surface area is 119 Å². The largest absolute Gasteiger partial charge is 0.356 e. The molecular formula is C14H31ClN2O. The molecule has 0 fully saturated rings. The monoisotopic (exact) mass is 278 g/mol. The first-order valence-corrected chi connectivity index (χ1v) is 7.07. The van der Waals surface area contributed by atoms with Crippen LogP contribution in [0.4, 0.5) is 0 Å². The number of carbonyl (C=O) groups excluding carboxylic acids is 1. The van der Waals surface area contributed by atoms with Crippen LogP contribution in [0.25, 0.3) is 0 Å². The third-order valence-electron chi connectivity index (χ3n) is 3.19. The summed E-state index contributed by atoms with van der Waals surface area (Å²) in [5, 5.41) is 6.12. The van der Waals surface area contributed by atoms with Crippen LogP contribution < -0.4 is 10.6 Å². The van der Waals surface area contributed by atoms with E-state index in [2.05, 4.69) is 24.5 Å². The molecule has 0 aliphatic heterocycles. The molecule has 0 aromatic carbocycles. The van der Waals surface area contributed by atoms with Crippen molar-refractivity contribution < 1.29 is 4.79 Å². The summed E-state index contributed by atoms with van der Waals surface area (Å²) in [5.74, 6) is 0.899. The highest BCUT2D eigenvalue weighted by Crippen LogP contribution is 2.13. The van der Waals surface area contributed by atoms with Crippen LogP contribution in [-0.2, 0) is 4.79 Å². The van der Waals surface area contributed by atoms with Gasteiger partial charge in [0.05, 0.1) is 0 Å². The Balaban J connectivity index is 0. The van der Waals surface area contributed by atoms with E-state index < -0.39 is 0 Å². The summed E-state index contributed by atoms with van der Waals surface area (Å²) in [5.41, 5.74) is 0. The number of unbranched alkanes of at least 4 members (excludes halogenated alkanes) is 1. The normalized spacial score (nSPS) is 13.6. The molecule has 0 aliphatic rings. The Morgan fingerprint density at radius 2 is 1.78 bits per heavy atom. The van der Waals surface area contributed by atoms with Crippen LogP contribution in [0.5, 0.6) is 0 Å². The Morgan fingerprint density at radius 1 is 1.11 bits per heavy atom. The number of carbonyl (C=O) groups is 1. The van der Waals surface area contributed by atoms with Crippen molar-refractivity contribution in [2.75, 3.05) is 20.1 Å². The lowest BCUT2D eigenvalue weighted by Gasteiger charge is -2.18. The fourth-order valence-corrected chi connectivity index (χ4v) is 2.07. The zero-order valence-corrected chi connectivity index (χ0v) is 13.2. The van der Waals surface area contributed by atoms with Crippen molar-refractivity contribution in [3.05, 3.63) is 0 Å². The molecular weight excluding hydrogens is 248 g/mol. The van der Waals surface area contributed by atoms with Crippen LogP contribution in [0, 0.1) is 11.8 Å². The van der Waals surface area contributed by atoms with Gasteiger partial charge in [-0.3, -0.25) is 4.79 Å². The van der Waals surface area contributed by atoms with Gasteiger partial charge in [0, 0.05) is 19.0 Å². The molecule has 0 bridgehead atoms. The number of amides is 1. The van der Waals surface area contributed by atoms with E-state index in [9.17, 15) is 4.79 Å². The minimum Gasteiger partial charge on any atom is -0.356 e. The van der Waals surface area contributed by atoms with E-state index in [1.54, 1.807) is 0 Å². The summed E-state index contributed by atoms with van der Waals surface area (Å²) in [6.45, 7) is 7.99. The summed E-state index contributed by atoms with van der Waals surface area (Å²) < 4.78 is 0. The van der Waals surface area contributed by atoms with Gasteiger partial charge >= 0.3 is 0 Å². The molecule has 0 saturated heterocycles. The van der Waals surface area contributed by atoms with E-state index in [1.807, 2.05) is 14.0 Å². The second kappa shape index (κ2) is 13.2. The van der Waals surface area contributed by atoms with E-state index in [-0.39, 0.29) is 24.2 Å². The molecule has 0 rings (SSSR count). The van der Waals surface area contributed by atoms with Gasteiger partial charge in [0.25, 0.3) is 0 Å². The van der Waals surface area contributed by atoms with Gasteiger partial charge in [-0.1, -0.05) is 40.0 Å². The maximum atomic E-state index is 11.8. The zero-order chi connectivity index (χ0) is 13.1. The molecule has 18 heavy (non-hydrogen) atoms. The molecule has 110 valence electrons. The van der Waals surface area contributed by atoms with Crippen LogP contribution in [-0.4, -0.2) is 26.0 Å². The quantitative estimate of drug-likeness (QED) is 0.645. The molecule has 0 aromatic heterocycles. The number of hydrogen-bond acceptors (Lipinski definition) is 2. The number of hydrogen-bond donors (Lipinski definition) is 2. The highest BCUT2D eigenvalue weighted by Gasteiger charge is 2.13. The maximum Gasteiger partial charge on any atom is 0.224 e. The molecule has 2 unspecified atom stereocenters. The lowest BCUT2D eigenvalue weighted by molar-refractivity contribution is -0.124. The molecule has 4 heteroatoms. The first-order valence-electron chi connectivity index (χ1n) is 7.07. The van der Waals surface area contributed by atoms with Gasteiger partial charge in [-0.15, -0.1) is 12.4 Å². The van der Waals surface area contributed by atoms with Gasteiger partial charge < -0.3 is 10.6 Å². The van der Waals surface area contributed by atoms with Gasteiger partial charge in [0.1, 0.15) is 0 Å².